The highest BCUT2D eigenvalue weighted by Gasteiger charge is 2.41. The van der Waals surface area contributed by atoms with Gasteiger partial charge in [-0.2, -0.15) is 0 Å². The summed E-state index contributed by atoms with van der Waals surface area (Å²) in [5.41, 5.74) is 2.65. The van der Waals surface area contributed by atoms with Crippen LogP contribution in [0.5, 0.6) is 0 Å². The van der Waals surface area contributed by atoms with E-state index in [0.29, 0.717) is 36.2 Å². The number of benzene rings is 2. The molecule has 0 spiro atoms. The maximum atomic E-state index is 13.5. The van der Waals surface area contributed by atoms with E-state index in [1.54, 1.807) is 0 Å². The molecule has 0 saturated heterocycles. The molecule has 2 saturated carbocycles. The molecule has 0 N–H and O–H groups in total. The average Bonchev–Trinajstić information content (AvgIpc) is 3.14. The molecule has 2 aromatic rings. The van der Waals surface area contributed by atoms with Crippen molar-refractivity contribution in [2.75, 3.05) is 0 Å². The summed E-state index contributed by atoms with van der Waals surface area (Å²) in [6.07, 6.45) is 10.1. The van der Waals surface area contributed by atoms with Crippen LogP contribution in [0.25, 0.3) is 11.1 Å². The molecule has 3 aliphatic rings. The first-order chi connectivity index (χ1) is 16.6. The lowest BCUT2D eigenvalue weighted by Crippen LogP contribution is -2.31. The molecule has 2 fully saturated rings. The van der Waals surface area contributed by atoms with Gasteiger partial charge >= 0.3 is 0 Å². The predicted molar refractivity (Wildman–Crippen MR) is 135 cm³/mol. The smallest absolute Gasteiger partial charge is 0.175 e. The van der Waals surface area contributed by atoms with Crippen LogP contribution in [0, 0.1) is 23.7 Å². The Morgan fingerprint density at radius 3 is 1.85 bits per heavy atom. The third kappa shape index (κ3) is 4.58. The van der Waals surface area contributed by atoms with E-state index >= 15 is 0 Å². The van der Waals surface area contributed by atoms with E-state index in [1.165, 1.54) is 32.1 Å². The van der Waals surface area contributed by atoms with Crippen molar-refractivity contribution >= 4 is 28.5 Å². The van der Waals surface area contributed by atoms with Crippen LogP contribution in [0.15, 0.2) is 60.7 Å². The average molecular weight is 455 g/mol. The van der Waals surface area contributed by atoms with Crippen LogP contribution in [0.2, 0.25) is 0 Å². The lowest BCUT2D eigenvalue weighted by molar-refractivity contribution is -0.127. The summed E-state index contributed by atoms with van der Waals surface area (Å²) in [4.78, 5) is 39.9. The highest BCUT2D eigenvalue weighted by molar-refractivity contribution is 6.52. The van der Waals surface area contributed by atoms with Gasteiger partial charge in [0.15, 0.2) is 11.6 Å². The second-order valence-corrected chi connectivity index (χ2v) is 10.4. The molecule has 34 heavy (non-hydrogen) atoms. The number of hydrogen-bond acceptors (Lipinski definition) is 3. The highest BCUT2D eigenvalue weighted by atomic mass is 16.2. The maximum Gasteiger partial charge on any atom is 0.175 e. The second kappa shape index (κ2) is 10.2. The van der Waals surface area contributed by atoms with Gasteiger partial charge in [-0.25, -0.2) is 0 Å². The monoisotopic (exact) mass is 454 g/mol. The van der Waals surface area contributed by atoms with E-state index in [1.807, 2.05) is 60.7 Å². The van der Waals surface area contributed by atoms with Gasteiger partial charge in [0.25, 0.3) is 0 Å². The fraction of sp³-hybridized carbons (Fsp3) is 0.452. The third-order valence-electron chi connectivity index (χ3n) is 8.41. The molecular weight excluding hydrogens is 420 g/mol. The van der Waals surface area contributed by atoms with Crippen molar-refractivity contribution < 1.29 is 14.4 Å². The molecule has 0 bridgehead atoms. The summed E-state index contributed by atoms with van der Waals surface area (Å²) < 4.78 is 0. The summed E-state index contributed by atoms with van der Waals surface area (Å²) >= 11 is 0. The van der Waals surface area contributed by atoms with Crippen molar-refractivity contribution in [1.82, 2.24) is 0 Å². The van der Waals surface area contributed by atoms with Crippen LogP contribution in [-0.4, -0.2) is 17.3 Å². The topological polar surface area (TPSA) is 51.2 Å². The summed E-state index contributed by atoms with van der Waals surface area (Å²) in [6.45, 7) is 0. The first kappa shape index (κ1) is 23.0. The number of carbonyl (C=O) groups excluding carboxylic acids is 3. The Morgan fingerprint density at radius 2 is 1.26 bits per heavy atom. The quantitative estimate of drug-likeness (QED) is 0.437. The number of fused-ring (bicyclic) bond motifs is 1. The van der Waals surface area contributed by atoms with Gasteiger partial charge in [-0.3, -0.25) is 14.4 Å². The normalized spacial score (nSPS) is 25.5. The first-order valence-corrected chi connectivity index (χ1v) is 13.1. The number of rotatable bonds is 7. The molecule has 2 aromatic carbocycles. The molecule has 3 aliphatic carbocycles. The molecule has 3 atom stereocenters. The largest absolute Gasteiger partial charge is 0.299 e. The van der Waals surface area contributed by atoms with E-state index in [0.717, 1.165) is 35.8 Å². The second-order valence-electron chi connectivity index (χ2n) is 10.4. The maximum absolute atomic E-state index is 13.5. The van der Waals surface area contributed by atoms with Gasteiger partial charge in [-0.15, -0.1) is 0 Å². The number of hydrogen-bond donors (Lipinski definition) is 0. The Morgan fingerprint density at radius 1 is 0.706 bits per heavy atom. The summed E-state index contributed by atoms with van der Waals surface area (Å²) in [5, 5.41) is 0. The minimum atomic E-state index is -0.674. The van der Waals surface area contributed by atoms with E-state index in [2.05, 4.69) is 0 Å². The molecule has 0 amide bonds. The van der Waals surface area contributed by atoms with Crippen molar-refractivity contribution in [1.29, 1.82) is 0 Å². The van der Waals surface area contributed by atoms with Crippen LogP contribution >= 0.6 is 0 Å². The van der Waals surface area contributed by atoms with Crippen molar-refractivity contribution in [3.05, 3.63) is 71.8 Å². The standard InChI is InChI=1S/C31H34O3/c32-27(25-19-18-21-10-7-8-15-24(21)20-25)17-9-16-26-30(33)28(22-11-3-1-4-12-22)29(31(26)34)23-13-5-2-6-14-23/h1-6,11-14,21,24-26H,7-10,15-20H2. The molecule has 3 unspecified atom stereocenters. The lowest BCUT2D eigenvalue weighted by Gasteiger charge is -2.38. The van der Waals surface area contributed by atoms with Crippen LogP contribution < -0.4 is 0 Å². The van der Waals surface area contributed by atoms with E-state index < -0.39 is 5.92 Å². The highest BCUT2D eigenvalue weighted by Crippen LogP contribution is 2.44. The van der Waals surface area contributed by atoms with Crippen molar-refractivity contribution in [2.45, 2.75) is 64.2 Å². The van der Waals surface area contributed by atoms with Gasteiger partial charge in [0.2, 0.25) is 0 Å². The zero-order valence-corrected chi connectivity index (χ0v) is 19.9. The van der Waals surface area contributed by atoms with Crippen LogP contribution in [0.1, 0.15) is 75.3 Å². The molecule has 3 heteroatoms. The fourth-order valence-corrected chi connectivity index (χ4v) is 6.61. The zero-order chi connectivity index (χ0) is 23.5. The van der Waals surface area contributed by atoms with E-state index in [9.17, 15) is 14.4 Å². The molecule has 5 rings (SSSR count). The van der Waals surface area contributed by atoms with Gasteiger partial charge in [0.05, 0.1) is 5.92 Å². The number of carbonyl (C=O) groups is 3. The SMILES string of the molecule is O=C(CCCC1C(=O)C(c2ccccc2)=C(c2ccccc2)C1=O)C1CCC2CCCCC2C1. The Balaban J connectivity index is 1.26. The minimum Gasteiger partial charge on any atom is -0.299 e. The Kier molecular flexibility index (Phi) is 6.89. The summed E-state index contributed by atoms with van der Waals surface area (Å²) in [6, 6.07) is 19.0. The lowest BCUT2D eigenvalue weighted by atomic mass is 9.66. The van der Waals surface area contributed by atoms with Gasteiger partial charge in [-0.1, -0.05) is 86.3 Å². The minimum absolute atomic E-state index is 0.0924. The summed E-state index contributed by atoms with van der Waals surface area (Å²) in [7, 11) is 0. The third-order valence-corrected chi connectivity index (χ3v) is 8.41. The van der Waals surface area contributed by atoms with Crippen molar-refractivity contribution in [3.8, 4) is 0 Å². The van der Waals surface area contributed by atoms with Crippen molar-refractivity contribution in [2.24, 2.45) is 23.7 Å². The molecule has 0 radical (unpaired) electrons. The molecular formula is C31H34O3. The van der Waals surface area contributed by atoms with Gasteiger partial charge < -0.3 is 0 Å². The van der Waals surface area contributed by atoms with Gasteiger partial charge in [-0.05, 0) is 55.1 Å². The number of ketones is 3. The number of allylic oxidation sites excluding steroid dienone is 2. The van der Waals surface area contributed by atoms with Crippen LogP contribution in [-0.2, 0) is 14.4 Å². The van der Waals surface area contributed by atoms with Crippen LogP contribution in [0.3, 0.4) is 0 Å². The van der Waals surface area contributed by atoms with Gasteiger partial charge in [0, 0.05) is 23.5 Å². The van der Waals surface area contributed by atoms with Gasteiger partial charge in [0.1, 0.15) is 5.78 Å². The molecule has 0 heterocycles. The Bertz CT molecular complexity index is 1020. The molecule has 0 aromatic heterocycles. The predicted octanol–water partition coefficient (Wildman–Crippen LogP) is 6.71. The molecule has 176 valence electrons. The molecule has 0 aliphatic heterocycles. The van der Waals surface area contributed by atoms with E-state index in [4.69, 9.17) is 0 Å². The number of Topliss-reactive ketones (excluding diaryl/α,β-unsaturated/α-hetero) is 3. The Labute approximate surface area is 202 Å². The zero-order valence-electron chi connectivity index (χ0n) is 19.9. The summed E-state index contributed by atoms with van der Waals surface area (Å²) in [5.74, 6) is 1.25. The van der Waals surface area contributed by atoms with Crippen molar-refractivity contribution in [3.63, 3.8) is 0 Å². The van der Waals surface area contributed by atoms with Crippen LogP contribution in [0.4, 0.5) is 0 Å². The van der Waals surface area contributed by atoms with E-state index in [-0.39, 0.29) is 17.5 Å². The molecule has 3 nitrogen and oxygen atoms in total. The first-order valence-electron chi connectivity index (χ1n) is 13.1. The Hall–Kier alpha value is -2.81. The fourth-order valence-electron chi connectivity index (χ4n) is 6.61.